The third-order valence-electron chi connectivity index (χ3n) is 7.42. The third-order valence-corrected chi connectivity index (χ3v) is 7.42. The monoisotopic (exact) mass is 660 g/mol. The Balaban J connectivity index is 1.93. The maximum Gasteiger partial charge on any atom is 0.408 e. The first-order chi connectivity index (χ1) is 21.9. The molecule has 0 bridgehead atoms. The third kappa shape index (κ3) is 9.89. The summed E-state index contributed by atoms with van der Waals surface area (Å²) in [7, 11) is 0. The average Bonchev–Trinajstić information content (AvgIpc) is 3.56. The zero-order valence-corrected chi connectivity index (χ0v) is 27.2. The Labute approximate surface area is 271 Å². The molecule has 258 valence electrons. The minimum absolute atomic E-state index is 0.0720. The summed E-state index contributed by atoms with van der Waals surface area (Å²) in [6, 6.07) is 1.61. The Morgan fingerprint density at radius 1 is 1.02 bits per heavy atom. The van der Waals surface area contributed by atoms with E-state index in [0.717, 1.165) is 15.8 Å². The van der Waals surface area contributed by atoms with Crippen LogP contribution in [0.15, 0.2) is 30.5 Å². The van der Waals surface area contributed by atoms with Crippen molar-refractivity contribution in [1.29, 1.82) is 0 Å². The van der Waals surface area contributed by atoms with Crippen LogP contribution in [-0.4, -0.2) is 110 Å². The van der Waals surface area contributed by atoms with E-state index >= 15 is 0 Å². The second-order valence-electron chi connectivity index (χ2n) is 12.6. The van der Waals surface area contributed by atoms with Crippen LogP contribution in [0, 0.1) is 0 Å². The van der Waals surface area contributed by atoms with Gasteiger partial charge < -0.3 is 51.3 Å². The minimum atomic E-state index is -1.54. The molecule has 1 aliphatic heterocycles. The molecule has 47 heavy (non-hydrogen) atoms. The highest BCUT2D eigenvalue weighted by Gasteiger charge is 2.45. The number of carbonyl (C=O) groups is 6. The molecule has 1 fully saturated rings. The van der Waals surface area contributed by atoms with Crippen molar-refractivity contribution in [3.8, 4) is 0 Å². The van der Waals surface area contributed by atoms with Crippen molar-refractivity contribution < 1.29 is 48.5 Å². The number of nitrogens with two attached hydrogens (primary N) is 1. The van der Waals surface area contributed by atoms with Crippen LogP contribution in [-0.2, 0) is 39.9 Å². The normalized spacial score (nSPS) is 19.5. The van der Waals surface area contributed by atoms with E-state index in [1.54, 1.807) is 33.0 Å². The highest BCUT2D eigenvalue weighted by Crippen LogP contribution is 2.24. The van der Waals surface area contributed by atoms with Crippen molar-refractivity contribution in [2.24, 2.45) is 5.73 Å². The number of aliphatic hydroxyl groups is 2. The van der Waals surface area contributed by atoms with Gasteiger partial charge in [0.15, 0.2) is 0 Å². The molecule has 2 aromatic rings. The number of alkyl carbamates (subject to hydrolysis) is 1. The van der Waals surface area contributed by atoms with Crippen LogP contribution in [0.4, 0.5) is 4.79 Å². The smallest absolute Gasteiger partial charge is 0.408 e. The lowest BCUT2D eigenvalue weighted by Gasteiger charge is -2.31. The van der Waals surface area contributed by atoms with E-state index in [9.17, 15) is 39.0 Å². The van der Waals surface area contributed by atoms with Gasteiger partial charge in [-0.3, -0.25) is 24.0 Å². The number of primary amides is 1. The predicted octanol–water partition coefficient (Wildman–Crippen LogP) is -0.647. The summed E-state index contributed by atoms with van der Waals surface area (Å²) in [6.07, 6.45) is -3.23. The summed E-state index contributed by atoms with van der Waals surface area (Å²) >= 11 is 0. The van der Waals surface area contributed by atoms with Crippen molar-refractivity contribution in [3.05, 3.63) is 36.0 Å². The number of amides is 5. The van der Waals surface area contributed by atoms with Gasteiger partial charge in [-0.2, -0.15) is 0 Å². The average molecular weight is 661 g/mol. The molecule has 0 aliphatic carbocycles. The fourth-order valence-corrected chi connectivity index (χ4v) is 5.29. The number of aliphatic hydroxyl groups excluding tert-OH is 2. The van der Waals surface area contributed by atoms with Crippen molar-refractivity contribution >= 4 is 46.6 Å². The maximum absolute atomic E-state index is 13.9. The van der Waals surface area contributed by atoms with Crippen LogP contribution in [0.1, 0.15) is 53.5 Å². The van der Waals surface area contributed by atoms with Crippen molar-refractivity contribution in [1.82, 2.24) is 25.8 Å². The van der Waals surface area contributed by atoms with E-state index in [0.29, 0.717) is 5.56 Å². The molecule has 0 radical (unpaired) electrons. The van der Waals surface area contributed by atoms with Gasteiger partial charge in [0, 0.05) is 36.9 Å². The van der Waals surface area contributed by atoms with Crippen LogP contribution >= 0.6 is 0 Å². The summed E-state index contributed by atoms with van der Waals surface area (Å²) in [5.74, 6) is -4.17. The largest absolute Gasteiger partial charge is 0.461 e. The Morgan fingerprint density at radius 2 is 1.66 bits per heavy atom. The molecule has 0 unspecified atom stereocenters. The lowest BCUT2D eigenvalue weighted by atomic mass is 10.0. The molecule has 1 saturated heterocycles. The number of esters is 1. The summed E-state index contributed by atoms with van der Waals surface area (Å²) in [4.78, 5) is 81.6. The standard InChI is InChI=1S/C31H44N6O10/c1-15(38)24(26(32)41)35-27(42)22(11-18-13-33-21-10-8-7-9-20(18)21)34-28(43)23-12-19(46-17(3)40)14-37(23)29(44)25(16(2)39)36-30(45)47-31(4,5)6/h7-10,13,15-16,19,22-25,33,38-39H,11-12,14H2,1-6H3,(H2,32,41)(H,34,43)(H,35,42)(H,36,45)/t15-,16-,19-,22+,23+,24+,25+/m1/s1. The van der Waals surface area contributed by atoms with Crippen molar-refractivity contribution in [2.75, 3.05) is 6.54 Å². The van der Waals surface area contributed by atoms with Crippen LogP contribution < -0.4 is 21.7 Å². The fourth-order valence-electron chi connectivity index (χ4n) is 5.29. The van der Waals surface area contributed by atoms with Crippen LogP contribution in [0.5, 0.6) is 0 Å². The maximum atomic E-state index is 13.9. The van der Waals surface area contributed by atoms with Gasteiger partial charge in [0.25, 0.3) is 0 Å². The van der Waals surface area contributed by atoms with Gasteiger partial charge in [-0.05, 0) is 46.2 Å². The molecule has 1 aromatic carbocycles. The van der Waals surface area contributed by atoms with Gasteiger partial charge >= 0.3 is 12.1 Å². The lowest BCUT2D eigenvalue weighted by Crippen LogP contribution is -2.60. The molecule has 5 amide bonds. The lowest BCUT2D eigenvalue weighted by molar-refractivity contribution is -0.147. The number of nitrogens with one attached hydrogen (secondary N) is 4. The van der Waals surface area contributed by atoms with E-state index in [1.807, 2.05) is 18.2 Å². The Hall–Kier alpha value is -4.70. The molecule has 8 N–H and O–H groups in total. The first-order valence-corrected chi connectivity index (χ1v) is 15.2. The molecule has 2 heterocycles. The first-order valence-electron chi connectivity index (χ1n) is 15.2. The molecular formula is C31H44N6O10. The van der Waals surface area contributed by atoms with E-state index in [4.69, 9.17) is 15.2 Å². The molecule has 7 atom stereocenters. The topological polar surface area (TPSA) is 242 Å². The number of rotatable bonds is 12. The number of likely N-dealkylation sites (tertiary alicyclic amines) is 1. The van der Waals surface area contributed by atoms with E-state index in [2.05, 4.69) is 20.9 Å². The minimum Gasteiger partial charge on any atom is -0.461 e. The summed E-state index contributed by atoms with van der Waals surface area (Å²) in [5, 5.41) is 28.6. The number of H-pyrrole nitrogens is 1. The van der Waals surface area contributed by atoms with Crippen LogP contribution in [0.2, 0.25) is 0 Å². The molecule has 3 rings (SSSR count). The summed E-state index contributed by atoms with van der Waals surface area (Å²) in [6.45, 7) is 8.31. The van der Waals surface area contributed by atoms with Crippen molar-refractivity contribution in [3.63, 3.8) is 0 Å². The molecular weight excluding hydrogens is 616 g/mol. The number of aromatic nitrogens is 1. The van der Waals surface area contributed by atoms with E-state index < -0.39 is 83.8 Å². The quantitative estimate of drug-likeness (QED) is 0.142. The predicted molar refractivity (Wildman–Crippen MR) is 167 cm³/mol. The molecule has 16 heteroatoms. The van der Waals surface area contributed by atoms with Gasteiger partial charge in [0.05, 0.1) is 18.8 Å². The number of fused-ring (bicyclic) bond motifs is 1. The van der Waals surface area contributed by atoms with Gasteiger partial charge in [-0.1, -0.05) is 18.2 Å². The van der Waals surface area contributed by atoms with Crippen LogP contribution in [0.3, 0.4) is 0 Å². The molecule has 1 aliphatic rings. The zero-order chi connectivity index (χ0) is 35.2. The number of aromatic amines is 1. The molecule has 0 spiro atoms. The molecule has 1 aromatic heterocycles. The van der Waals surface area contributed by atoms with E-state index in [-0.39, 0.29) is 19.4 Å². The Morgan fingerprint density at radius 3 is 2.23 bits per heavy atom. The highest BCUT2D eigenvalue weighted by atomic mass is 16.6. The van der Waals surface area contributed by atoms with Gasteiger partial charge in [0.2, 0.25) is 23.6 Å². The van der Waals surface area contributed by atoms with Gasteiger partial charge in [-0.25, -0.2) is 4.79 Å². The number of para-hydroxylation sites is 1. The molecule has 0 saturated carbocycles. The summed E-state index contributed by atoms with van der Waals surface area (Å²) < 4.78 is 10.5. The number of hydrogen-bond donors (Lipinski definition) is 7. The van der Waals surface area contributed by atoms with Crippen LogP contribution in [0.25, 0.3) is 10.9 Å². The Kier molecular flexibility index (Phi) is 11.9. The van der Waals surface area contributed by atoms with Crippen molar-refractivity contribution in [2.45, 2.75) is 102 Å². The number of ether oxygens (including phenoxy) is 2. The fraction of sp³-hybridized carbons (Fsp3) is 0.548. The second-order valence-corrected chi connectivity index (χ2v) is 12.6. The number of carbonyl (C=O) groups excluding carboxylic acids is 6. The zero-order valence-electron chi connectivity index (χ0n) is 27.2. The first kappa shape index (κ1) is 36.8. The van der Waals surface area contributed by atoms with Gasteiger partial charge in [-0.15, -0.1) is 0 Å². The number of benzene rings is 1. The highest BCUT2D eigenvalue weighted by molar-refractivity contribution is 5.96. The van der Waals surface area contributed by atoms with Gasteiger partial charge in [0.1, 0.15) is 35.9 Å². The number of hydrogen-bond acceptors (Lipinski definition) is 10. The molecule has 16 nitrogen and oxygen atoms in total. The SMILES string of the molecule is CC(=O)O[C@@H]1C[C@@H](C(=O)N[C@@H](Cc2c[nH]c3ccccc23)C(=O)N[C@H](C(N)=O)[C@@H](C)O)N(C(=O)[C@@H](NC(=O)OC(C)(C)C)[C@@H](C)O)C1. The summed E-state index contributed by atoms with van der Waals surface area (Å²) in [5.41, 5.74) is 5.87. The van der Waals surface area contributed by atoms with E-state index in [1.165, 1.54) is 20.8 Å². The number of nitrogens with zero attached hydrogens (tertiary/aromatic N) is 1. The second kappa shape index (κ2) is 15.3. The Bertz CT molecular complexity index is 1480.